The van der Waals surface area contributed by atoms with Crippen LogP contribution in [0.25, 0.3) is 11.5 Å². The van der Waals surface area contributed by atoms with E-state index < -0.39 is 0 Å². The molecule has 0 amide bonds. The smallest absolute Gasteiger partial charge is 0.288 e. The summed E-state index contributed by atoms with van der Waals surface area (Å²) >= 11 is 17.9. The highest BCUT2D eigenvalue weighted by molar-refractivity contribution is 7.81. The van der Waals surface area contributed by atoms with Crippen molar-refractivity contribution in [3.8, 4) is 0 Å². The van der Waals surface area contributed by atoms with Gasteiger partial charge in [0.25, 0.3) is 5.70 Å². The maximum Gasteiger partial charge on any atom is 0.288 e. The predicted octanol–water partition coefficient (Wildman–Crippen LogP) is 5.91. The third-order valence-corrected chi connectivity index (χ3v) is 4.84. The van der Waals surface area contributed by atoms with Gasteiger partial charge in [-0.15, -0.1) is 0 Å². The van der Waals surface area contributed by atoms with Crippen LogP contribution in [-0.4, -0.2) is 10.1 Å². The number of pyridine rings is 1. The van der Waals surface area contributed by atoms with Gasteiger partial charge in [0.05, 0.1) is 5.02 Å². The van der Waals surface area contributed by atoms with E-state index in [1.807, 2.05) is 49.4 Å². The van der Waals surface area contributed by atoms with Gasteiger partial charge in [-0.2, -0.15) is 4.57 Å². The van der Waals surface area contributed by atoms with Gasteiger partial charge in [-0.3, -0.25) is 0 Å². The van der Waals surface area contributed by atoms with Crippen LogP contribution < -0.4 is 9.88 Å². The first-order chi connectivity index (χ1) is 13.0. The molecule has 0 radical (unpaired) electrons. The first-order valence-corrected chi connectivity index (χ1v) is 9.36. The zero-order valence-corrected chi connectivity index (χ0v) is 16.8. The van der Waals surface area contributed by atoms with Crippen LogP contribution in [0.5, 0.6) is 0 Å². The van der Waals surface area contributed by atoms with Gasteiger partial charge in [-0.25, -0.2) is 0 Å². The fourth-order valence-electron chi connectivity index (χ4n) is 2.60. The topological polar surface area (TPSA) is 36.1 Å². The summed E-state index contributed by atoms with van der Waals surface area (Å²) in [4.78, 5) is 0.365. The standard InChI is InChI=1S/C21H16Cl2N2OS/c1-14-7-3-4-8-18(14)24-21(27)19(25-11-5-2-6-12-25)20(26)16-10-9-15(22)13-17(16)23/h2-13H,1H3,(H-,24,26,27)/p+1. The number of nitrogens with one attached hydrogen (secondary N) is 1. The van der Waals surface area contributed by atoms with Crippen LogP contribution in [-0.2, 0) is 0 Å². The van der Waals surface area contributed by atoms with Crippen LogP contribution in [0.4, 0.5) is 5.69 Å². The monoisotopic (exact) mass is 415 g/mol. The fraction of sp³-hybridized carbons (Fsp3) is 0.0476. The molecule has 0 bridgehead atoms. The number of halogens is 2. The number of aromatic nitrogens is 1. The van der Waals surface area contributed by atoms with Crippen LogP contribution in [0.2, 0.25) is 10.0 Å². The summed E-state index contributed by atoms with van der Waals surface area (Å²) in [6.45, 7) is 1.99. The second-order valence-corrected chi connectivity index (χ2v) is 7.13. The van der Waals surface area contributed by atoms with Crippen LogP contribution in [0.3, 0.4) is 0 Å². The highest BCUT2D eigenvalue weighted by atomic mass is 35.5. The maximum absolute atomic E-state index is 11.0. The van der Waals surface area contributed by atoms with Crippen LogP contribution >= 0.6 is 35.4 Å². The van der Waals surface area contributed by atoms with Crippen molar-refractivity contribution in [1.29, 1.82) is 0 Å². The molecule has 136 valence electrons. The molecule has 27 heavy (non-hydrogen) atoms. The van der Waals surface area contributed by atoms with E-state index in [1.165, 1.54) is 0 Å². The van der Waals surface area contributed by atoms with E-state index in [4.69, 9.17) is 35.4 Å². The summed E-state index contributed by atoms with van der Waals surface area (Å²) in [6, 6.07) is 18.3. The number of thiocarbonyl (C=S) groups is 1. The summed E-state index contributed by atoms with van der Waals surface area (Å²) in [5.41, 5.74) is 2.77. The Kier molecular flexibility index (Phi) is 6.11. The van der Waals surface area contributed by atoms with Crippen molar-refractivity contribution in [1.82, 2.24) is 0 Å². The average molecular weight is 416 g/mol. The zero-order valence-electron chi connectivity index (χ0n) is 14.5. The van der Waals surface area contributed by atoms with Gasteiger partial charge < -0.3 is 10.4 Å². The quantitative estimate of drug-likeness (QED) is 0.240. The molecule has 0 saturated carbocycles. The number of rotatable bonds is 4. The van der Waals surface area contributed by atoms with Gasteiger partial charge in [0.15, 0.2) is 17.4 Å². The Morgan fingerprint density at radius 1 is 1.00 bits per heavy atom. The van der Waals surface area contributed by atoms with Gasteiger partial charge in [0, 0.05) is 28.4 Å². The second-order valence-electron chi connectivity index (χ2n) is 5.87. The molecule has 2 aromatic carbocycles. The maximum atomic E-state index is 11.0. The van der Waals surface area contributed by atoms with E-state index in [1.54, 1.807) is 35.2 Å². The number of anilines is 1. The molecule has 0 aliphatic heterocycles. The van der Waals surface area contributed by atoms with Gasteiger partial charge in [0.2, 0.25) is 5.76 Å². The summed E-state index contributed by atoms with van der Waals surface area (Å²) in [5.74, 6) is -0.0426. The van der Waals surface area contributed by atoms with Crippen molar-refractivity contribution in [2.75, 3.05) is 5.32 Å². The Balaban J connectivity index is 2.11. The van der Waals surface area contributed by atoms with Crippen molar-refractivity contribution >= 4 is 57.6 Å². The molecule has 3 rings (SSSR count). The predicted molar refractivity (Wildman–Crippen MR) is 116 cm³/mol. The largest absolute Gasteiger partial charge is 0.502 e. The van der Waals surface area contributed by atoms with Crippen molar-refractivity contribution in [3.05, 3.63) is 94.2 Å². The summed E-state index contributed by atoms with van der Waals surface area (Å²) in [7, 11) is 0. The van der Waals surface area contributed by atoms with Gasteiger partial charge in [0.1, 0.15) is 0 Å². The molecular weight excluding hydrogens is 399 g/mol. The molecular formula is C21H17Cl2N2OS+. The Bertz CT molecular complexity index is 1020. The molecule has 1 heterocycles. The number of para-hydroxylation sites is 1. The first-order valence-electron chi connectivity index (χ1n) is 8.19. The van der Waals surface area contributed by atoms with E-state index in [9.17, 15) is 5.11 Å². The minimum atomic E-state index is -0.0426. The van der Waals surface area contributed by atoms with Gasteiger partial charge >= 0.3 is 0 Å². The van der Waals surface area contributed by atoms with Crippen molar-refractivity contribution in [2.24, 2.45) is 0 Å². The average Bonchev–Trinajstić information content (AvgIpc) is 2.64. The zero-order chi connectivity index (χ0) is 19.4. The Labute approximate surface area is 173 Å². The van der Waals surface area contributed by atoms with E-state index in [0.29, 0.717) is 26.3 Å². The molecule has 2 N–H and O–H groups in total. The Morgan fingerprint density at radius 3 is 2.37 bits per heavy atom. The molecule has 0 aliphatic rings. The lowest BCUT2D eigenvalue weighted by molar-refractivity contribution is -0.575. The molecule has 3 nitrogen and oxygen atoms in total. The Hall–Kier alpha value is -2.40. The number of hydrogen-bond acceptors (Lipinski definition) is 2. The van der Waals surface area contributed by atoms with Gasteiger partial charge in [-0.05, 0) is 36.8 Å². The fourth-order valence-corrected chi connectivity index (χ4v) is 3.41. The molecule has 3 aromatic rings. The molecule has 6 heteroatoms. The van der Waals surface area contributed by atoms with E-state index in [-0.39, 0.29) is 5.76 Å². The lowest BCUT2D eigenvalue weighted by Gasteiger charge is -2.12. The number of hydrogen-bond donors (Lipinski definition) is 2. The number of aryl methyl sites for hydroxylation is 1. The van der Waals surface area contributed by atoms with E-state index >= 15 is 0 Å². The molecule has 0 aliphatic carbocycles. The normalized spacial score (nSPS) is 11.7. The molecule has 1 aromatic heterocycles. The second kappa shape index (κ2) is 8.53. The first kappa shape index (κ1) is 19.4. The lowest BCUT2D eigenvalue weighted by Crippen LogP contribution is -2.38. The van der Waals surface area contributed by atoms with Crippen LogP contribution in [0.1, 0.15) is 11.1 Å². The van der Waals surface area contributed by atoms with Gasteiger partial charge in [-0.1, -0.05) is 59.7 Å². The molecule has 0 unspecified atom stereocenters. The minimum Gasteiger partial charge on any atom is -0.502 e. The van der Waals surface area contributed by atoms with E-state index in [2.05, 4.69) is 5.32 Å². The lowest BCUT2D eigenvalue weighted by atomic mass is 10.1. The highest BCUT2D eigenvalue weighted by Crippen LogP contribution is 2.28. The Morgan fingerprint density at radius 2 is 1.70 bits per heavy atom. The summed E-state index contributed by atoms with van der Waals surface area (Å²) in [5, 5.41) is 15.1. The summed E-state index contributed by atoms with van der Waals surface area (Å²) < 4.78 is 1.74. The van der Waals surface area contributed by atoms with Crippen molar-refractivity contribution in [2.45, 2.75) is 6.92 Å². The molecule has 0 fully saturated rings. The summed E-state index contributed by atoms with van der Waals surface area (Å²) in [6.07, 6.45) is 3.61. The number of aliphatic hydroxyl groups is 1. The number of aliphatic hydroxyl groups excluding tert-OH is 1. The third kappa shape index (κ3) is 4.48. The molecule has 0 atom stereocenters. The third-order valence-electron chi connectivity index (χ3n) is 3.99. The number of benzene rings is 2. The molecule has 0 saturated heterocycles. The molecule has 0 spiro atoms. The SMILES string of the molecule is Cc1ccccc1NC(=S)C(=C(O)c1ccc(Cl)cc1Cl)[n+]1ccccc1. The van der Waals surface area contributed by atoms with Crippen molar-refractivity contribution < 1.29 is 9.67 Å². The minimum absolute atomic E-state index is 0.0426. The van der Waals surface area contributed by atoms with Crippen LogP contribution in [0.15, 0.2) is 73.1 Å². The highest BCUT2D eigenvalue weighted by Gasteiger charge is 2.25. The van der Waals surface area contributed by atoms with Crippen molar-refractivity contribution in [3.63, 3.8) is 0 Å². The van der Waals surface area contributed by atoms with Crippen LogP contribution in [0, 0.1) is 6.92 Å². The van der Waals surface area contributed by atoms with E-state index in [0.717, 1.165) is 11.3 Å². The number of nitrogens with zero attached hydrogens (tertiary/aromatic N) is 1.